The highest BCUT2D eigenvalue weighted by Gasteiger charge is 2.15. The van der Waals surface area contributed by atoms with Gasteiger partial charge in [-0.25, -0.2) is 9.78 Å². The zero-order valence-corrected chi connectivity index (χ0v) is 16.2. The first-order valence-corrected chi connectivity index (χ1v) is 8.82. The summed E-state index contributed by atoms with van der Waals surface area (Å²) < 4.78 is 11.2. The number of rotatable bonds is 6. The van der Waals surface area contributed by atoms with E-state index in [0.717, 1.165) is 15.8 Å². The molecule has 0 saturated carbocycles. The molecule has 8 heteroatoms. The lowest BCUT2D eigenvalue weighted by atomic mass is 10.2. The highest BCUT2D eigenvalue weighted by atomic mass is 79.9. The van der Waals surface area contributed by atoms with Gasteiger partial charge in [0, 0.05) is 0 Å². The first-order valence-electron chi connectivity index (χ1n) is 7.21. The van der Waals surface area contributed by atoms with Crippen molar-refractivity contribution in [1.82, 2.24) is 4.98 Å². The Morgan fingerprint density at radius 2 is 2.21 bits per heavy atom. The molecule has 0 saturated heterocycles. The Bertz CT molecular complexity index is 759. The average molecular weight is 412 g/mol. The number of hydrogen-bond acceptors (Lipinski definition) is 7. The van der Waals surface area contributed by atoms with Gasteiger partial charge in [-0.2, -0.15) is 5.10 Å². The van der Waals surface area contributed by atoms with E-state index in [1.54, 1.807) is 13.1 Å². The molecule has 0 amide bonds. The third-order valence-electron chi connectivity index (χ3n) is 2.86. The maximum Gasteiger partial charge on any atom is 0.350 e. The summed E-state index contributed by atoms with van der Waals surface area (Å²) in [6.45, 7) is 5.71. The van der Waals surface area contributed by atoms with Crippen LogP contribution in [0.1, 0.15) is 34.8 Å². The molecular weight excluding hydrogens is 394 g/mol. The van der Waals surface area contributed by atoms with Crippen LogP contribution < -0.4 is 10.2 Å². The average Bonchev–Trinajstić information content (AvgIpc) is 2.89. The lowest BCUT2D eigenvalue weighted by Gasteiger charge is -2.11. The van der Waals surface area contributed by atoms with Crippen LogP contribution >= 0.6 is 27.3 Å². The van der Waals surface area contributed by atoms with Crippen LogP contribution in [0.25, 0.3) is 0 Å². The number of hydrazone groups is 1. The monoisotopic (exact) mass is 411 g/mol. The number of methoxy groups -OCH3 is 1. The van der Waals surface area contributed by atoms with Crippen LogP contribution in [0.15, 0.2) is 27.8 Å². The molecule has 0 fully saturated rings. The minimum Gasteiger partial charge on any atom is -0.490 e. The summed E-state index contributed by atoms with van der Waals surface area (Å²) in [5, 5.41) is 4.67. The second kappa shape index (κ2) is 8.25. The molecule has 0 radical (unpaired) electrons. The van der Waals surface area contributed by atoms with Crippen molar-refractivity contribution >= 4 is 44.6 Å². The zero-order valence-electron chi connectivity index (χ0n) is 13.8. The van der Waals surface area contributed by atoms with Gasteiger partial charge in [0.15, 0.2) is 0 Å². The second-order valence-electron chi connectivity index (χ2n) is 5.15. The van der Waals surface area contributed by atoms with E-state index in [-0.39, 0.29) is 6.10 Å². The summed E-state index contributed by atoms with van der Waals surface area (Å²) in [6, 6.07) is 5.70. The topological polar surface area (TPSA) is 72.8 Å². The molecule has 0 spiro atoms. The molecule has 6 nitrogen and oxygen atoms in total. The third-order valence-corrected chi connectivity index (χ3v) is 4.52. The Labute approximate surface area is 153 Å². The molecule has 1 N–H and O–H groups in total. The number of halogens is 1. The van der Waals surface area contributed by atoms with Crippen LogP contribution in [0.4, 0.5) is 5.13 Å². The number of esters is 1. The number of carbonyl (C=O) groups excluding carboxylic acids is 1. The Morgan fingerprint density at radius 3 is 2.83 bits per heavy atom. The largest absolute Gasteiger partial charge is 0.490 e. The predicted octanol–water partition coefficient (Wildman–Crippen LogP) is 4.23. The van der Waals surface area contributed by atoms with Crippen LogP contribution in [-0.4, -0.2) is 30.4 Å². The lowest BCUT2D eigenvalue weighted by Crippen LogP contribution is -2.06. The summed E-state index contributed by atoms with van der Waals surface area (Å²) in [5.74, 6) is 0.389. The normalized spacial score (nSPS) is 11.1. The molecule has 0 bridgehead atoms. The van der Waals surface area contributed by atoms with E-state index in [9.17, 15) is 4.79 Å². The van der Waals surface area contributed by atoms with Crippen LogP contribution in [-0.2, 0) is 4.74 Å². The van der Waals surface area contributed by atoms with Crippen molar-refractivity contribution in [3.8, 4) is 5.75 Å². The van der Waals surface area contributed by atoms with Crippen molar-refractivity contribution < 1.29 is 14.3 Å². The van der Waals surface area contributed by atoms with Crippen molar-refractivity contribution in [1.29, 1.82) is 0 Å². The molecule has 2 rings (SSSR count). The molecule has 2 aromatic rings. The molecule has 1 heterocycles. The summed E-state index contributed by atoms with van der Waals surface area (Å²) >= 11 is 4.68. The van der Waals surface area contributed by atoms with Crippen molar-refractivity contribution in [2.24, 2.45) is 5.10 Å². The van der Waals surface area contributed by atoms with Crippen LogP contribution in [0, 0.1) is 6.92 Å². The number of nitrogens with one attached hydrogen (secondary N) is 1. The van der Waals surface area contributed by atoms with Gasteiger partial charge < -0.3 is 9.47 Å². The van der Waals surface area contributed by atoms with Gasteiger partial charge in [0.25, 0.3) is 0 Å². The van der Waals surface area contributed by atoms with E-state index in [1.165, 1.54) is 18.4 Å². The molecule has 1 aromatic carbocycles. The number of aryl methyl sites for hydroxylation is 1. The van der Waals surface area contributed by atoms with Gasteiger partial charge in [0.2, 0.25) is 5.13 Å². The van der Waals surface area contributed by atoms with Gasteiger partial charge >= 0.3 is 5.97 Å². The van der Waals surface area contributed by atoms with E-state index in [1.807, 2.05) is 32.0 Å². The van der Waals surface area contributed by atoms with Gasteiger partial charge in [-0.3, -0.25) is 5.43 Å². The third kappa shape index (κ3) is 4.78. The number of anilines is 1. The maximum atomic E-state index is 11.6. The van der Waals surface area contributed by atoms with E-state index in [0.29, 0.717) is 15.7 Å². The molecule has 0 aliphatic heterocycles. The van der Waals surface area contributed by atoms with Crippen molar-refractivity contribution in [2.45, 2.75) is 26.9 Å². The van der Waals surface area contributed by atoms with E-state index < -0.39 is 5.97 Å². The van der Waals surface area contributed by atoms with E-state index in [2.05, 4.69) is 31.4 Å². The molecular formula is C16H18BrN3O3S. The Kier molecular flexibility index (Phi) is 6.33. The SMILES string of the molecule is COC(=O)c1sc(N/N=C\c2ccc(OC(C)C)c(Br)c2)nc1C. The fraction of sp³-hybridized carbons (Fsp3) is 0.312. The number of ether oxygens (including phenoxy) is 2. The van der Waals surface area contributed by atoms with Gasteiger partial charge in [-0.05, 0) is 60.5 Å². The molecule has 128 valence electrons. The number of aromatic nitrogens is 1. The van der Waals surface area contributed by atoms with E-state index >= 15 is 0 Å². The second-order valence-corrected chi connectivity index (χ2v) is 7.01. The maximum absolute atomic E-state index is 11.6. The van der Waals surface area contributed by atoms with Crippen LogP contribution in [0.2, 0.25) is 0 Å². The number of hydrogen-bond donors (Lipinski definition) is 1. The minimum atomic E-state index is -0.397. The molecule has 1 aromatic heterocycles. The van der Waals surface area contributed by atoms with E-state index in [4.69, 9.17) is 9.47 Å². The first-order chi connectivity index (χ1) is 11.4. The number of benzene rings is 1. The number of thiazole rings is 1. The van der Waals surface area contributed by atoms with Gasteiger partial charge in [-0.15, -0.1) is 0 Å². The first kappa shape index (κ1) is 18.4. The summed E-state index contributed by atoms with van der Waals surface area (Å²) in [5.41, 5.74) is 4.33. The standard InChI is InChI=1S/C16H18BrN3O3S/c1-9(2)23-13-6-5-11(7-12(13)17)8-18-20-16-19-10(3)14(24-16)15(21)22-4/h5-9H,1-4H3,(H,19,20)/b18-8-. The highest BCUT2D eigenvalue weighted by Crippen LogP contribution is 2.26. The van der Waals surface area contributed by atoms with Gasteiger partial charge in [-0.1, -0.05) is 11.3 Å². The van der Waals surface area contributed by atoms with Gasteiger partial charge in [0.05, 0.1) is 29.6 Å². The Morgan fingerprint density at radius 1 is 1.46 bits per heavy atom. The predicted molar refractivity (Wildman–Crippen MR) is 99.3 cm³/mol. The molecule has 24 heavy (non-hydrogen) atoms. The smallest absolute Gasteiger partial charge is 0.350 e. The Balaban J connectivity index is 2.04. The lowest BCUT2D eigenvalue weighted by molar-refractivity contribution is 0.0605. The highest BCUT2D eigenvalue weighted by molar-refractivity contribution is 9.10. The van der Waals surface area contributed by atoms with Crippen molar-refractivity contribution in [2.75, 3.05) is 12.5 Å². The minimum absolute atomic E-state index is 0.111. The van der Waals surface area contributed by atoms with Gasteiger partial charge in [0.1, 0.15) is 10.6 Å². The fourth-order valence-electron chi connectivity index (χ4n) is 1.84. The van der Waals surface area contributed by atoms with Crippen molar-refractivity contribution in [3.63, 3.8) is 0 Å². The van der Waals surface area contributed by atoms with Crippen LogP contribution in [0.3, 0.4) is 0 Å². The molecule has 0 aliphatic carbocycles. The fourth-order valence-corrected chi connectivity index (χ4v) is 3.16. The molecule has 0 atom stereocenters. The number of carbonyl (C=O) groups is 1. The summed E-state index contributed by atoms with van der Waals surface area (Å²) in [6.07, 6.45) is 1.78. The zero-order chi connectivity index (χ0) is 17.7. The molecule has 0 aliphatic rings. The quantitative estimate of drug-likeness (QED) is 0.437. The summed E-state index contributed by atoms with van der Waals surface area (Å²) in [4.78, 5) is 16.3. The molecule has 0 unspecified atom stereocenters. The number of nitrogens with zero attached hydrogens (tertiary/aromatic N) is 2. The Hall–Kier alpha value is -1.93. The van der Waals surface area contributed by atoms with Crippen LogP contribution in [0.5, 0.6) is 5.75 Å². The summed E-state index contributed by atoms with van der Waals surface area (Å²) in [7, 11) is 1.34. The van der Waals surface area contributed by atoms with Crippen molar-refractivity contribution in [3.05, 3.63) is 38.8 Å².